The predicted octanol–water partition coefficient (Wildman–Crippen LogP) is 4.45. The van der Waals surface area contributed by atoms with Gasteiger partial charge in [-0.15, -0.1) is 0 Å². The first kappa shape index (κ1) is 32.7. The smallest absolute Gasteiger partial charge is 0.317 e. The predicted molar refractivity (Wildman–Crippen MR) is 169 cm³/mol. The molecule has 2 fully saturated rings. The fourth-order valence-corrected chi connectivity index (χ4v) is 7.89. The molecule has 1 unspecified atom stereocenters. The van der Waals surface area contributed by atoms with Crippen molar-refractivity contribution in [1.29, 1.82) is 0 Å². The van der Waals surface area contributed by atoms with Crippen LogP contribution in [0.2, 0.25) is 0 Å². The van der Waals surface area contributed by atoms with E-state index in [-0.39, 0.29) is 43.0 Å². The third kappa shape index (κ3) is 6.23. The molecule has 240 valence electrons. The van der Waals surface area contributed by atoms with E-state index in [9.17, 15) is 9.59 Å². The van der Waals surface area contributed by atoms with Gasteiger partial charge in [0.25, 0.3) is 14.4 Å². The molecule has 2 saturated heterocycles. The molecule has 2 bridgehead atoms. The van der Waals surface area contributed by atoms with Crippen molar-refractivity contribution in [2.24, 2.45) is 0 Å². The van der Waals surface area contributed by atoms with Crippen LogP contribution < -0.4 is 10.6 Å². The maximum atomic E-state index is 13.3. The Balaban J connectivity index is 1.52. The lowest BCUT2D eigenvalue weighted by Crippen LogP contribution is -2.50. The average Bonchev–Trinajstić information content (AvgIpc) is 3.69. The highest BCUT2D eigenvalue weighted by atomic mass is 31.2. The number of anilines is 1. The Hall–Kier alpha value is -3.73. The second-order valence-corrected chi connectivity index (χ2v) is 12.9. The van der Waals surface area contributed by atoms with Crippen molar-refractivity contribution in [3.8, 4) is 0 Å². The highest BCUT2D eigenvalue weighted by Crippen LogP contribution is 2.57. The zero-order valence-corrected chi connectivity index (χ0v) is 27.3. The molecule has 2 aromatic heterocycles. The summed E-state index contributed by atoms with van der Waals surface area (Å²) in [5, 5.41) is 5.61. The van der Waals surface area contributed by atoms with Gasteiger partial charge in [-0.25, -0.2) is 31.0 Å². The number of nitrogens with zero attached hydrogens (tertiary/aromatic N) is 7. The molecule has 0 aliphatic carbocycles. The van der Waals surface area contributed by atoms with E-state index >= 15 is 0 Å². The number of amides is 3. The normalized spacial score (nSPS) is 23.2. The van der Waals surface area contributed by atoms with Gasteiger partial charge in [-0.2, -0.15) is 0 Å². The molecule has 0 spiro atoms. The maximum absolute atomic E-state index is 13.3. The molecule has 5 atom stereocenters. The van der Waals surface area contributed by atoms with Crippen LogP contribution in [0.4, 0.5) is 10.6 Å². The van der Waals surface area contributed by atoms with E-state index in [0.29, 0.717) is 29.7 Å². The number of nitrogens with one attached hydrogen (secondary N) is 2. The van der Waals surface area contributed by atoms with Crippen LogP contribution in [0.1, 0.15) is 57.6 Å². The Morgan fingerprint density at radius 2 is 1.93 bits per heavy atom. The molecule has 5 rings (SSSR count). The van der Waals surface area contributed by atoms with Gasteiger partial charge in [0.1, 0.15) is 30.7 Å². The van der Waals surface area contributed by atoms with Gasteiger partial charge < -0.3 is 34.2 Å². The van der Waals surface area contributed by atoms with Crippen molar-refractivity contribution in [3.63, 3.8) is 0 Å². The van der Waals surface area contributed by atoms with Gasteiger partial charge in [0.15, 0.2) is 23.2 Å². The first-order valence-electron chi connectivity index (χ1n) is 15.1. The zero-order chi connectivity index (χ0) is 32.3. The van der Waals surface area contributed by atoms with Crippen molar-refractivity contribution in [2.45, 2.75) is 77.1 Å². The van der Waals surface area contributed by atoms with Crippen LogP contribution in [-0.2, 0) is 13.8 Å². The number of hydrogen-bond acceptors (Lipinski definition) is 9. The third-order valence-corrected chi connectivity index (χ3v) is 10.2. The first-order chi connectivity index (χ1) is 21.7. The van der Waals surface area contributed by atoms with Crippen molar-refractivity contribution >= 4 is 37.4 Å². The number of hydrogen-bond donors (Lipinski definition) is 2. The van der Waals surface area contributed by atoms with Gasteiger partial charge in [-0.05, 0) is 46.2 Å². The highest BCUT2D eigenvalue weighted by Gasteiger charge is 2.66. The van der Waals surface area contributed by atoms with E-state index in [4.69, 9.17) is 20.4 Å². The summed E-state index contributed by atoms with van der Waals surface area (Å²) in [4.78, 5) is 44.8. The summed E-state index contributed by atoms with van der Waals surface area (Å²) in [6.07, 6.45) is 2.26. The molecule has 0 radical (unpaired) electrons. The van der Waals surface area contributed by atoms with Crippen LogP contribution in [-0.4, -0.2) is 97.6 Å². The van der Waals surface area contributed by atoms with E-state index in [2.05, 4.69) is 62.8 Å². The van der Waals surface area contributed by atoms with Crippen LogP contribution in [0, 0.1) is 6.57 Å². The summed E-state index contributed by atoms with van der Waals surface area (Å²) in [5.41, 5.74) is 0.463. The summed E-state index contributed by atoms with van der Waals surface area (Å²) in [5.74, 6) is -0.0601. The van der Waals surface area contributed by atoms with Gasteiger partial charge in [-0.3, -0.25) is 9.36 Å². The molecule has 15 heteroatoms. The number of imidazole rings is 1. The molecule has 14 nitrogen and oxygen atoms in total. The largest absolute Gasteiger partial charge is 0.344 e. The van der Waals surface area contributed by atoms with Crippen LogP contribution in [0.15, 0.2) is 43.0 Å². The minimum Gasteiger partial charge on any atom is -0.344 e. The van der Waals surface area contributed by atoms with Gasteiger partial charge in [0, 0.05) is 24.7 Å². The summed E-state index contributed by atoms with van der Waals surface area (Å²) < 4.78 is 23.9. The van der Waals surface area contributed by atoms with Crippen LogP contribution in [0.25, 0.3) is 16.0 Å². The number of carbonyl (C=O) groups is 2. The van der Waals surface area contributed by atoms with E-state index in [0.717, 1.165) is 0 Å². The van der Waals surface area contributed by atoms with E-state index < -0.39 is 32.5 Å². The number of rotatable bonds is 12. The maximum Gasteiger partial charge on any atom is 0.317 e. The molecule has 4 heterocycles. The number of fused-ring (bicyclic) bond motifs is 3. The highest BCUT2D eigenvalue weighted by molar-refractivity contribution is 7.44. The van der Waals surface area contributed by atoms with Crippen molar-refractivity contribution in [1.82, 2.24) is 34.4 Å². The fourth-order valence-electron chi connectivity index (χ4n) is 6.09. The topological polar surface area (TPSA) is 140 Å². The lowest BCUT2D eigenvalue weighted by atomic mass is 9.96. The molecular weight excluding hydrogens is 597 g/mol. The molecule has 45 heavy (non-hydrogen) atoms. The minimum absolute atomic E-state index is 0.103. The van der Waals surface area contributed by atoms with E-state index in [1.54, 1.807) is 47.1 Å². The Kier molecular flexibility index (Phi) is 9.96. The van der Waals surface area contributed by atoms with Gasteiger partial charge >= 0.3 is 6.03 Å². The number of likely N-dealkylation sites (tertiary alicyclic amines) is 1. The fraction of sp³-hybridized carbons (Fsp3) is 0.533. The van der Waals surface area contributed by atoms with Crippen LogP contribution in [0.3, 0.4) is 0 Å². The number of carbonyl (C=O) groups excluding carboxylic acids is 2. The summed E-state index contributed by atoms with van der Waals surface area (Å²) in [6, 6.07) is 8.23. The molecular formula is C30H40N9O5P. The number of benzene rings is 1. The van der Waals surface area contributed by atoms with E-state index in [1.165, 1.54) is 6.33 Å². The molecule has 2 N–H and O–H groups in total. The zero-order valence-electron chi connectivity index (χ0n) is 26.4. The molecule has 2 aliphatic heterocycles. The molecule has 1 aromatic carbocycles. The Morgan fingerprint density at radius 1 is 1.20 bits per heavy atom. The molecule has 2 aliphatic rings. The SMILES string of the molecule is [C-]#[N+]CCOP(O[C@H]1[C@@H]2[C@H](n3cnc4c(NC(=O)c5ccccc5)ncnc43)O[C@@]1(CC)CN2C(=O)NC)N(C(C)C)C(C)C. The molecule has 3 aromatic rings. The quantitative estimate of drug-likeness (QED) is 0.168. The van der Waals surface area contributed by atoms with Crippen LogP contribution >= 0.6 is 8.53 Å². The van der Waals surface area contributed by atoms with Crippen LogP contribution in [0.5, 0.6) is 0 Å². The third-order valence-electron chi connectivity index (χ3n) is 8.10. The average molecular weight is 638 g/mol. The monoisotopic (exact) mass is 637 g/mol. The number of urea groups is 1. The standard InChI is InChI=1S/C30H40N9O5P/c1-8-30-16-37(29(41)32-7)23(24(30)44-45(42-15-14-31-6)39(19(2)3)20(4)5)28(43-30)38-18-35-22-25(33-17-34-26(22)38)36-27(40)21-12-10-9-11-13-21/h9-13,17-20,23-24,28H,8,14-16H2,1-5,7H3,(H,32,41)(H,33,34,36,40)/t23-,24+,28-,30+,45?/m1/s1. The summed E-state index contributed by atoms with van der Waals surface area (Å²) in [7, 11) is -0.0168. The lowest BCUT2D eigenvalue weighted by molar-refractivity contribution is -0.126. The lowest BCUT2D eigenvalue weighted by Gasteiger charge is -2.38. The van der Waals surface area contributed by atoms with Crippen molar-refractivity contribution in [3.05, 3.63) is 60.0 Å². The number of morpholine rings is 1. The molecule has 3 amide bonds. The number of aromatic nitrogens is 4. The minimum atomic E-state index is -1.61. The summed E-state index contributed by atoms with van der Waals surface area (Å²) >= 11 is 0. The molecule has 0 saturated carbocycles. The number of ether oxygens (including phenoxy) is 1. The summed E-state index contributed by atoms with van der Waals surface area (Å²) in [6.45, 7) is 18.3. The van der Waals surface area contributed by atoms with E-state index in [1.807, 2.05) is 13.0 Å². The first-order valence-corrected chi connectivity index (χ1v) is 16.2. The Morgan fingerprint density at radius 3 is 2.58 bits per heavy atom. The van der Waals surface area contributed by atoms with Gasteiger partial charge in [0.05, 0.1) is 12.9 Å². The Labute approximate surface area is 264 Å². The van der Waals surface area contributed by atoms with Crippen molar-refractivity contribution < 1.29 is 23.4 Å². The second-order valence-electron chi connectivity index (χ2n) is 11.5. The van der Waals surface area contributed by atoms with Gasteiger partial charge in [0.2, 0.25) is 6.54 Å². The van der Waals surface area contributed by atoms with Crippen molar-refractivity contribution in [2.75, 3.05) is 32.1 Å². The van der Waals surface area contributed by atoms with Gasteiger partial charge in [-0.1, -0.05) is 25.1 Å². The second kappa shape index (κ2) is 13.7. The Bertz CT molecular complexity index is 1540.